The van der Waals surface area contributed by atoms with E-state index in [-0.39, 0.29) is 6.42 Å². The molecule has 0 spiro atoms. The lowest BCUT2D eigenvalue weighted by Crippen LogP contribution is -2.38. The maximum Gasteiger partial charge on any atom is 0.303 e. The van der Waals surface area contributed by atoms with E-state index in [0.29, 0.717) is 18.6 Å². The quantitative estimate of drug-likeness (QED) is 0.575. The van der Waals surface area contributed by atoms with Crippen LogP contribution in [0.3, 0.4) is 0 Å². The second kappa shape index (κ2) is 8.68. The van der Waals surface area contributed by atoms with Gasteiger partial charge in [0.2, 0.25) is 0 Å². The first kappa shape index (κ1) is 14.4. The van der Waals surface area contributed by atoms with Gasteiger partial charge in [0, 0.05) is 19.6 Å². The number of ether oxygens (including phenoxy) is 1. The Bertz CT molecular complexity index is 171. The molecule has 1 atom stereocenters. The van der Waals surface area contributed by atoms with Gasteiger partial charge in [0.05, 0.1) is 6.61 Å². The molecule has 0 heterocycles. The second-order valence-corrected chi connectivity index (χ2v) is 4.11. The van der Waals surface area contributed by atoms with Crippen molar-refractivity contribution in [1.29, 1.82) is 0 Å². The first-order chi connectivity index (χ1) is 7.07. The Balaban J connectivity index is 3.49. The van der Waals surface area contributed by atoms with Gasteiger partial charge in [0.25, 0.3) is 0 Å². The number of nitrogens with one attached hydrogen (secondary N) is 1. The fourth-order valence-corrected chi connectivity index (χ4v) is 1.36. The highest BCUT2D eigenvalue weighted by atomic mass is 16.5. The molecule has 0 aliphatic rings. The molecule has 0 aliphatic carbocycles. The molecule has 0 saturated carbocycles. The zero-order valence-electron chi connectivity index (χ0n) is 9.95. The zero-order valence-corrected chi connectivity index (χ0v) is 9.95. The van der Waals surface area contributed by atoms with Gasteiger partial charge >= 0.3 is 5.97 Å². The van der Waals surface area contributed by atoms with Gasteiger partial charge in [-0.3, -0.25) is 4.79 Å². The Kier molecular flexibility index (Phi) is 8.33. The van der Waals surface area contributed by atoms with E-state index in [4.69, 9.17) is 9.84 Å². The van der Waals surface area contributed by atoms with Gasteiger partial charge in [-0.1, -0.05) is 13.8 Å². The first-order valence-electron chi connectivity index (χ1n) is 5.52. The lowest BCUT2D eigenvalue weighted by atomic mass is 10.1. The molecule has 0 aliphatic heterocycles. The number of carboxylic acid groups (broad SMARTS) is 1. The standard InChI is InChI=1S/C11H23NO3/c1-9(2)10(8-15-3)12-7-5-4-6-11(13)14/h9-10,12H,4-8H2,1-3H3,(H,13,14). The lowest BCUT2D eigenvalue weighted by molar-refractivity contribution is -0.137. The van der Waals surface area contributed by atoms with Crippen molar-refractivity contribution < 1.29 is 14.6 Å². The Morgan fingerprint density at radius 2 is 2.07 bits per heavy atom. The van der Waals surface area contributed by atoms with Crippen LogP contribution in [-0.2, 0) is 9.53 Å². The highest BCUT2D eigenvalue weighted by Crippen LogP contribution is 2.02. The smallest absolute Gasteiger partial charge is 0.303 e. The topological polar surface area (TPSA) is 58.6 Å². The van der Waals surface area contributed by atoms with E-state index in [1.807, 2.05) is 0 Å². The Labute approximate surface area is 92.0 Å². The van der Waals surface area contributed by atoms with E-state index in [1.54, 1.807) is 7.11 Å². The molecule has 0 amide bonds. The minimum Gasteiger partial charge on any atom is -0.481 e. The largest absolute Gasteiger partial charge is 0.481 e. The molecular formula is C11H23NO3. The van der Waals surface area contributed by atoms with Crippen LogP contribution in [-0.4, -0.2) is 37.4 Å². The predicted molar refractivity (Wildman–Crippen MR) is 60.0 cm³/mol. The molecule has 0 rings (SSSR count). The molecule has 0 bridgehead atoms. The van der Waals surface area contributed by atoms with Crippen molar-refractivity contribution >= 4 is 5.97 Å². The maximum atomic E-state index is 10.3. The molecule has 15 heavy (non-hydrogen) atoms. The van der Waals surface area contributed by atoms with Gasteiger partial charge in [-0.2, -0.15) is 0 Å². The summed E-state index contributed by atoms with van der Waals surface area (Å²) in [5.41, 5.74) is 0. The SMILES string of the molecule is COCC(NCCCCC(=O)O)C(C)C. The van der Waals surface area contributed by atoms with Gasteiger partial charge in [-0.15, -0.1) is 0 Å². The molecule has 0 radical (unpaired) electrons. The number of hydrogen-bond donors (Lipinski definition) is 2. The highest BCUT2D eigenvalue weighted by molar-refractivity contribution is 5.66. The fraction of sp³-hybridized carbons (Fsp3) is 0.909. The van der Waals surface area contributed by atoms with Crippen LogP contribution < -0.4 is 5.32 Å². The third-order valence-electron chi connectivity index (χ3n) is 2.37. The van der Waals surface area contributed by atoms with Crippen LogP contribution in [0.2, 0.25) is 0 Å². The summed E-state index contributed by atoms with van der Waals surface area (Å²) in [4.78, 5) is 10.3. The van der Waals surface area contributed by atoms with E-state index in [9.17, 15) is 4.79 Å². The number of hydrogen-bond acceptors (Lipinski definition) is 3. The summed E-state index contributed by atoms with van der Waals surface area (Å²) >= 11 is 0. The summed E-state index contributed by atoms with van der Waals surface area (Å²) in [6.45, 7) is 5.86. The molecular weight excluding hydrogens is 194 g/mol. The van der Waals surface area contributed by atoms with Crippen LogP contribution >= 0.6 is 0 Å². The minimum atomic E-state index is -0.715. The number of carbonyl (C=O) groups is 1. The average molecular weight is 217 g/mol. The molecule has 2 N–H and O–H groups in total. The molecule has 0 fully saturated rings. The minimum absolute atomic E-state index is 0.262. The zero-order chi connectivity index (χ0) is 11.7. The van der Waals surface area contributed by atoms with Gasteiger partial charge < -0.3 is 15.2 Å². The number of carboxylic acids is 1. The third-order valence-corrected chi connectivity index (χ3v) is 2.37. The molecule has 4 nitrogen and oxygen atoms in total. The summed E-state index contributed by atoms with van der Waals surface area (Å²) in [5.74, 6) is -0.184. The fourth-order valence-electron chi connectivity index (χ4n) is 1.36. The highest BCUT2D eigenvalue weighted by Gasteiger charge is 2.11. The molecule has 0 aromatic carbocycles. The monoisotopic (exact) mass is 217 g/mol. The molecule has 0 saturated heterocycles. The van der Waals surface area contributed by atoms with Crippen LogP contribution in [0.15, 0.2) is 0 Å². The van der Waals surface area contributed by atoms with E-state index in [0.717, 1.165) is 19.4 Å². The predicted octanol–water partition coefficient (Wildman–Crippen LogP) is 1.50. The first-order valence-corrected chi connectivity index (χ1v) is 5.52. The van der Waals surface area contributed by atoms with Crippen molar-refractivity contribution in [3.63, 3.8) is 0 Å². The van der Waals surface area contributed by atoms with E-state index in [1.165, 1.54) is 0 Å². The summed E-state index contributed by atoms with van der Waals surface area (Å²) in [6.07, 6.45) is 1.90. The van der Waals surface area contributed by atoms with Crippen LogP contribution in [0, 0.1) is 5.92 Å². The molecule has 0 aromatic heterocycles. The number of methoxy groups -OCH3 is 1. The lowest BCUT2D eigenvalue weighted by Gasteiger charge is -2.21. The number of rotatable bonds is 9. The normalized spacial score (nSPS) is 13.1. The summed E-state index contributed by atoms with van der Waals surface area (Å²) in [5, 5.41) is 11.8. The van der Waals surface area contributed by atoms with Crippen molar-refractivity contribution in [2.45, 2.75) is 39.2 Å². The van der Waals surface area contributed by atoms with E-state index >= 15 is 0 Å². The van der Waals surface area contributed by atoms with Gasteiger partial charge in [0.15, 0.2) is 0 Å². The van der Waals surface area contributed by atoms with Crippen LogP contribution in [0.25, 0.3) is 0 Å². The summed E-state index contributed by atoms with van der Waals surface area (Å²) in [6, 6.07) is 0.361. The van der Waals surface area contributed by atoms with Crippen molar-refractivity contribution in [3.8, 4) is 0 Å². The van der Waals surface area contributed by atoms with Crippen molar-refractivity contribution in [2.24, 2.45) is 5.92 Å². The Morgan fingerprint density at radius 3 is 2.53 bits per heavy atom. The van der Waals surface area contributed by atoms with Gasteiger partial charge in [-0.05, 0) is 25.3 Å². The van der Waals surface area contributed by atoms with Crippen molar-refractivity contribution in [2.75, 3.05) is 20.3 Å². The molecule has 4 heteroatoms. The van der Waals surface area contributed by atoms with Crippen LogP contribution in [0.4, 0.5) is 0 Å². The summed E-state index contributed by atoms with van der Waals surface area (Å²) < 4.78 is 5.10. The van der Waals surface area contributed by atoms with E-state index < -0.39 is 5.97 Å². The second-order valence-electron chi connectivity index (χ2n) is 4.11. The summed E-state index contributed by atoms with van der Waals surface area (Å²) in [7, 11) is 1.70. The van der Waals surface area contributed by atoms with Crippen LogP contribution in [0.1, 0.15) is 33.1 Å². The van der Waals surface area contributed by atoms with Crippen molar-refractivity contribution in [1.82, 2.24) is 5.32 Å². The van der Waals surface area contributed by atoms with Gasteiger partial charge in [-0.25, -0.2) is 0 Å². The van der Waals surface area contributed by atoms with Crippen molar-refractivity contribution in [3.05, 3.63) is 0 Å². The molecule has 90 valence electrons. The Morgan fingerprint density at radius 1 is 1.40 bits per heavy atom. The molecule has 0 aromatic rings. The number of unbranched alkanes of at least 4 members (excludes halogenated alkanes) is 1. The Hall–Kier alpha value is -0.610. The van der Waals surface area contributed by atoms with E-state index in [2.05, 4.69) is 19.2 Å². The average Bonchev–Trinajstić information content (AvgIpc) is 2.15. The number of aliphatic carboxylic acids is 1. The third kappa shape index (κ3) is 8.39. The van der Waals surface area contributed by atoms with Gasteiger partial charge in [0.1, 0.15) is 0 Å². The van der Waals surface area contributed by atoms with Crippen LogP contribution in [0.5, 0.6) is 0 Å². The molecule has 1 unspecified atom stereocenters. The maximum absolute atomic E-state index is 10.3.